The topological polar surface area (TPSA) is 94.9 Å². The molecule has 6 heteroatoms. The van der Waals surface area contributed by atoms with Crippen molar-refractivity contribution in [3.05, 3.63) is 57.6 Å². The fourth-order valence-corrected chi connectivity index (χ4v) is 3.87. The number of aromatic hydroxyl groups is 1. The lowest BCUT2D eigenvalue weighted by molar-refractivity contribution is 0.0659. The molecule has 1 fully saturated rings. The van der Waals surface area contributed by atoms with Crippen molar-refractivity contribution in [3.63, 3.8) is 0 Å². The van der Waals surface area contributed by atoms with Crippen LogP contribution in [0.3, 0.4) is 0 Å². The summed E-state index contributed by atoms with van der Waals surface area (Å²) in [7, 11) is 1.63. The van der Waals surface area contributed by atoms with Crippen LogP contribution in [0.25, 0.3) is 0 Å². The average Bonchev–Trinajstić information content (AvgIpc) is 3.52. The summed E-state index contributed by atoms with van der Waals surface area (Å²) in [6.45, 7) is 3.66. The van der Waals surface area contributed by atoms with Crippen molar-refractivity contribution in [2.24, 2.45) is 5.92 Å². The van der Waals surface area contributed by atoms with Gasteiger partial charge in [-0.05, 0) is 49.3 Å². The van der Waals surface area contributed by atoms with E-state index in [0.717, 1.165) is 24.8 Å². The lowest BCUT2D eigenvalue weighted by atomic mass is 9.87. The maximum atomic E-state index is 12.9. The molecular formula is C23H31NO5. The number of hydrogen-bond acceptors (Lipinski definition) is 6. The molecule has 1 aromatic heterocycles. The predicted octanol–water partition coefficient (Wildman–Crippen LogP) is 4.02. The second kappa shape index (κ2) is 9.94. The highest BCUT2D eigenvalue weighted by atomic mass is 16.5. The van der Waals surface area contributed by atoms with E-state index in [1.807, 2.05) is 31.2 Å². The van der Waals surface area contributed by atoms with Gasteiger partial charge in [-0.3, -0.25) is 0 Å². The molecule has 0 saturated heterocycles. The van der Waals surface area contributed by atoms with Crippen LogP contribution in [0, 0.1) is 5.92 Å². The molecule has 6 nitrogen and oxygen atoms in total. The summed E-state index contributed by atoms with van der Waals surface area (Å²) in [5.41, 5.74) is 7.42. The number of benzene rings is 1. The van der Waals surface area contributed by atoms with Crippen LogP contribution in [-0.2, 0) is 9.47 Å². The van der Waals surface area contributed by atoms with Gasteiger partial charge in [0.1, 0.15) is 11.5 Å². The van der Waals surface area contributed by atoms with E-state index in [1.54, 1.807) is 13.2 Å². The first-order valence-corrected chi connectivity index (χ1v) is 10.3. The second-order valence-electron chi connectivity index (χ2n) is 7.72. The van der Waals surface area contributed by atoms with Gasteiger partial charge in [0.15, 0.2) is 0 Å². The van der Waals surface area contributed by atoms with Crippen LogP contribution in [0.15, 0.2) is 39.5 Å². The van der Waals surface area contributed by atoms with Crippen molar-refractivity contribution in [2.75, 3.05) is 32.7 Å². The van der Waals surface area contributed by atoms with Crippen LogP contribution in [0.2, 0.25) is 0 Å². The van der Waals surface area contributed by atoms with E-state index in [-0.39, 0.29) is 17.6 Å². The van der Waals surface area contributed by atoms with E-state index in [1.165, 1.54) is 0 Å². The molecule has 2 unspecified atom stereocenters. The van der Waals surface area contributed by atoms with Gasteiger partial charge in [0, 0.05) is 37.3 Å². The molecule has 29 heavy (non-hydrogen) atoms. The average molecular weight is 402 g/mol. The number of ether oxygens (including phenoxy) is 2. The van der Waals surface area contributed by atoms with Gasteiger partial charge in [-0.15, -0.1) is 0 Å². The Balaban J connectivity index is 1.83. The largest absolute Gasteiger partial charge is 0.507 e. The minimum absolute atomic E-state index is 0.00864. The molecule has 1 heterocycles. The highest BCUT2D eigenvalue weighted by molar-refractivity contribution is 5.47. The van der Waals surface area contributed by atoms with Crippen LogP contribution in [0.1, 0.15) is 61.3 Å². The van der Waals surface area contributed by atoms with Crippen LogP contribution >= 0.6 is 0 Å². The zero-order valence-corrected chi connectivity index (χ0v) is 17.2. The zero-order chi connectivity index (χ0) is 20.8. The molecular weight excluding hydrogens is 370 g/mol. The summed E-state index contributed by atoms with van der Waals surface area (Å²) >= 11 is 0. The fraction of sp³-hybridized carbons (Fsp3) is 0.522. The number of anilines is 1. The standard InChI is InChI=1S/C23H31NO5/c1-3-15(9-10-28-12-11-27-2)20-14-19(25)22(23(26)29-20)21(16-7-8-16)17-5-4-6-18(24)13-17/h4-6,13-16,21,25H,3,7-12,24H2,1-2H3. The lowest BCUT2D eigenvalue weighted by Crippen LogP contribution is -2.18. The summed E-state index contributed by atoms with van der Waals surface area (Å²) in [6.07, 6.45) is 3.55. The molecule has 0 radical (unpaired) electrons. The van der Waals surface area contributed by atoms with Gasteiger partial charge in [-0.1, -0.05) is 19.1 Å². The highest BCUT2D eigenvalue weighted by Gasteiger charge is 2.37. The minimum atomic E-state index is -0.460. The summed E-state index contributed by atoms with van der Waals surface area (Å²) in [6, 6.07) is 9.14. The monoisotopic (exact) mass is 401 g/mol. The molecule has 3 rings (SSSR count). The molecule has 0 spiro atoms. The number of hydrogen-bond donors (Lipinski definition) is 2. The van der Waals surface area contributed by atoms with Crippen molar-refractivity contribution in [1.82, 2.24) is 0 Å². The second-order valence-corrected chi connectivity index (χ2v) is 7.72. The van der Waals surface area contributed by atoms with E-state index in [0.29, 0.717) is 49.2 Å². The van der Waals surface area contributed by atoms with E-state index < -0.39 is 5.63 Å². The van der Waals surface area contributed by atoms with Gasteiger partial charge in [-0.2, -0.15) is 0 Å². The molecule has 0 bridgehead atoms. The Morgan fingerprint density at radius 1 is 1.24 bits per heavy atom. The normalized spacial score (nSPS) is 15.9. The Labute approximate surface area is 171 Å². The molecule has 158 valence electrons. The maximum Gasteiger partial charge on any atom is 0.343 e. The number of methoxy groups -OCH3 is 1. The first kappa shape index (κ1) is 21.4. The lowest BCUT2D eigenvalue weighted by Gasteiger charge is -2.20. The van der Waals surface area contributed by atoms with Crippen molar-refractivity contribution in [3.8, 4) is 5.75 Å². The maximum absolute atomic E-state index is 12.9. The van der Waals surface area contributed by atoms with Gasteiger partial charge >= 0.3 is 5.63 Å². The first-order chi connectivity index (χ1) is 14.0. The third-order valence-corrected chi connectivity index (χ3v) is 5.60. The highest BCUT2D eigenvalue weighted by Crippen LogP contribution is 2.48. The summed E-state index contributed by atoms with van der Waals surface area (Å²) in [5, 5.41) is 10.8. The first-order valence-electron chi connectivity index (χ1n) is 10.3. The molecule has 1 saturated carbocycles. The molecule has 0 amide bonds. The Kier molecular flexibility index (Phi) is 7.34. The van der Waals surface area contributed by atoms with Gasteiger partial charge in [0.25, 0.3) is 0 Å². The molecule has 0 aliphatic heterocycles. The van der Waals surface area contributed by atoms with Crippen molar-refractivity contribution >= 4 is 5.69 Å². The van der Waals surface area contributed by atoms with Gasteiger partial charge in [0.2, 0.25) is 0 Å². The molecule has 2 atom stereocenters. The Bertz CT molecular complexity index is 859. The summed E-state index contributed by atoms with van der Waals surface area (Å²) in [4.78, 5) is 12.9. The molecule has 1 aliphatic carbocycles. The molecule has 1 aliphatic rings. The minimum Gasteiger partial charge on any atom is -0.507 e. The predicted molar refractivity (Wildman–Crippen MR) is 112 cm³/mol. The molecule has 1 aromatic carbocycles. The van der Waals surface area contributed by atoms with Gasteiger partial charge in [-0.25, -0.2) is 4.79 Å². The number of nitrogen functional groups attached to an aromatic ring is 1. The molecule has 2 aromatic rings. The van der Waals surface area contributed by atoms with Crippen molar-refractivity contribution in [1.29, 1.82) is 0 Å². The Morgan fingerprint density at radius 2 is 2.03 bits per heavy atom. The number of nitrogens with two attached hydrogens (primary N) is 1. The van der Waals surface area contributed by atoms with E-state index in [2.05, 4.69) is 0 Å². The summed E-state index contributed by atoms with van der Waals surface area (Å²) < 4.78 is 16.2. The quantitative estimate of drug-likeness (QED) is 0.436. The number of rotatable bonds is 11. The fourth-order valence-electron chi connectivity index (χ4n) is 3.87. The van der Waals surface area contributed by atoms with Crippen molar-refractivity contribution in [2.45, 2.75) is 44.4 Å². The van der Waals surface area contributed by atoms with Crippen LogP contribution in [0.4, 0.5) is 5.69 Å². The third kappa shape index (κ3) is 5.40. The van der Waals surface area contributed by atoms with Crippen molar-refractivity contribution < 1.29 is 19.0 Å². The van der Waals surface area contributed by atoms with Gasteiger partial charge in [0.05, 0.1) is 18.8 Å². The Morgan fingerprint density at radius 3 is 2.66 bits per heavy atom. The smallest absolute Gasteiger partial charge is 0.343 e. The van der Waals surface area contributed by atoms with Gasteiger partial charge < -0.3 is 24.7 Å². The van der Waals surface area contributed by atoms with E-state index in [4.69, 9.17) is 19.6 Å². The molecule has 3 N–H and O–H groups in total. The third-order valence-electron chi connectivity index (χ3n) is 5.60. The summed E-state index contributed by atoms with van der Waals surface area (Å²) in [5.74, 6) is 0.663. The van der Waals surface area contributed by atoms with Crippen LogP contribution < -0.4 is 11.4 Å². The van der Waals surface area contributed by atoms with E-state index in [9.17, 15) is 9.90 Å². The Hall–Kier alpha value is -2.31. The van der Waals surface area contributed by atoms with E-state index >= 15 is 0 Å². The van der Waals surface area contributed by atoms with Crippen LogP contribution in [0.5, 0.6) is 5.75 Å². The van der Waals surface area contributed by atoms with Crippen LogP contribution in [-0.4, -0.2) is 32.0 Å². The SMILES string of the molecule is CCC(CCOCCOC)c1cc(O)c(C(c2cccc(N)c2)C2CC2)c(=O)o1. The zero-order valence-electron chi connectivity index (χ0n) is 17.2.